The van der Waals surface area contributed by atoms with E-state index in [0.717, 1.165) is 17.0 Å². The number of aromatic nitrogens is 1. The zero-order chi connectivity index (χ0) is 13.0. The second-order valence-electron chi connectivity index (χ2n) is 4.14. The van der Waals surface area contributed by atoms with E-state index in [0.29, 0.717) is 0 Å². The van der Waals surface area contributed by atoms with Crippen LogP contribution < -0.4 is 0 Å². The Balaban J connectivity index is 2.15. The highest BCUT2D eigenvalue weighted by Crippen LogP contribution is 2.25. The van der Waals surface area contributed by atoms with E-state index in [-0.39, 0.29) is 4.88 Å². The number of carbonyl (C=O) groups is 1. The van der Waals surface area contributed by atoms with Crippen molar-refractivity contribution in [2.75, 3.05) is 0 Å². The maximum absolute atomic E-state index is 10.8. The number of aromatic carboxylic acids is 1. The summed E-state index contributed by atoms with van der Waals surface area (Å²) in [6, 6.07) is 8.20. The summed E-state index contributed by atoms with van der Waals surface area (Å²) < 4.78 is 0. The lowest BCUT2D eigenvalue weighted by Gasteiger charge is -2.01. The smallest absolute Gasteiger partial charge is 0.347 e. The Bertz CT molecular complexity index is 531. The molecule has 18 heavy (non-hydrogen) atoms. The molecule has 1 heterocycles. The van der Waals surface area contributed by atoms with Gasteiger partial charge in [0.05, 0.1) is 6.20 Å². The standard InChI is InChI=1S/C14H15NO2S/c1-2-3-4-10-5-7-11(8-6-10)13-15-9-12(18-13)14(16)17/h5-9H,2-4H2,1H3,(H,16,17). The molecule has 0 bridgehead atoms. The van der Waals surface area contributed by atoms with Crippen molar-refractivity contribution in [1.29, 1.82) is 0 Å². The highest BCUT2D eigenvalue weighted by molar-refractivity contribution is 7.16. The van der Waals surface area contributed by atoms with Crippen LogP contribution in [0.25, 0.3) is 10.6 Å². The van der Waals surface area contributed by atoms with Crippen LogP contribution in [0.2, 0.25) is 0 Å². The highest BCUT2D eigenvalue weighted by Gasteiger charge is 2.09. The van der Waals surface area contributed by atoms with Crippen molar-refractivity contribution in [1.82, 2.24) is 4.98 Å². The maximum Gasteiger partial charge on any atom is 0.347 e. The highest BCUT2D eigenvalue weighted by atomic mass is 32.1. The largest absolute Gasteiger partial charge is 0.477 e. The molecule has 1 aromatic heterocycles. The van der Waals surface area contributed by atoms with Gasteiger partial charge in [0.15, 0.2) is 0 Å². The third-order valence-electron chi connectivity index (χ3n) is 2.74. The summed E-state index contributed by atoms with van der Waals surface area (Å²) in [5, 5.41) is 9.62. The number of benzene rings is 1. The summed E-state index contributed by atoms with van der Waals surface area (Å²) >= 11 is 1.21. The van der Waals surface area contributed by atoms with Crippen LogP contribution in [0.1, 0.15) is 35.0 Å². The van der Waals surface area contributed by atoms with Gasteiger partial charge < -0.3 is 5.11 Å². The van der Waals surface area contributed by atoms with Crippen LogP contribution in [0.5, 0.6) is 0 Å². The minimum absolute atomic E-state index is 0.278. The molecule has 0 aliphatic rings. The van der Waals surface area contributed by atoms with Gasteiger partial charge in [-0.2, -0.15) is 0 Å². The summed E-state index contributed by atoms with van der Waals surface area (Å²) in [6.07, 6.45) is 4.89. The summed E-state index contributed by atoms with van der Waals surface area (Å²) in [6.45, 7) is 2.18. The quantitative estimate of drug-likeness (QED) is 0.889. The summed E-state index contributed by atoms with van der Waals surface area (Å²) in [5.74, 6) is -0.918. The van der Waals surface area contributed by atoms with Gasteiger partial charge in [-0.05, 0) is 18.4 Å². The van der Waals surface area contributed by atoms with E-state index in [1.165, 1.54) is 35.9 Å². The number of hydrogen-bond donors (Lipinski definition) is 1. The zero-order valence-electron chi connectivity index (χ0n) is 10.2. The molecule has 4 heteroatoms. The molecule has 0 amide bonds. The monoisotopic (exact) mass is 261 g/mol. The molecule has 2 aromatic rings. The Labute approximate surface area is 110 Å². The number of unbranched alkanes of at least 4 members (excludes halogenated alkanes) is 1. The molecule has 0 aliphatic heterocycles. The summed E-state index contributed by atoms with van der Waals surface area (Å²) in [5.41, 5.74) is 2.29. The second-order valence-corrected chi connectivity index (χ2v) is 5.17. The Morgan fingerprint density at radius 2 is 2.06 bits per heavy atom. The van der Waals surface area contributed by atoms with Crippen molar-refractivity contribution in [2.24, 2.45) is 0 Å². The van der Waals surface area contributed by atoms with Crippen molar-refractivity contribution in [2.45, 2.75) is 26.2 Å². The predicted octanol–water partition coefficient (Wildman–Crippen LogP) is 3.85. The average Bonchev–Trinajstić information content (AvgIpc) is 2.87. The first-order chi connectivity index (χ1) is 8.70. The first-order valence-corrected chi connectivity index (χ1v) is 6.80. The molecule has 0 saturated carbocycles. The average molecular weight is 261 g/mol. The number of hydrogen-bond acceptors (Lipinski definition) is 3. The molecule has 0 fully saturated rings. The molecule has 0 spiro atoms. The maximum atomic E-state index is 10.8. The second kappa shape index (κ2) is 5.78. The number of carboxylic acids is 1. The number of aryl methyl sites for hydroxylation is 1. The van der Waals surface area contributed by atoms with Crippen LogP contribution in [0, 0.1) is 0 Å². The van der Waals surface area contributed by atoms with Gasteiger partial charge in [0.25, 0.3) is 0 Å². The van der Waals surface area contributed by atoms with Gasteiger partial charge in [-0.25, -0.2) is 9.78 Å². The predicted molar refractivity (Wildman–Crippen MR) is 73.1 cm³/mol. The fourth-order valence-electron chi connectivity index (χ4n) is 1.70. The third-order valence-corrected chi connectivity index (χ3v) is 3.77. The lowest BCUT2D eigenvalue weighted by molar-refractivity contribution is 0.0702. The van der Waals surface area contributed by atoms with Gasteiger partial charge in [-0.15, -0.1) is 11.3 Å². The normalized spacial score (nSPS) is 10.5. The Hall–Kier alpha value is -1.68. The fraction of sp³-hybridized carbons (Fsp3) is 0.286. The zero-order valence-corrected chi connectivity index (χ0v) is 11.0. The van der Waals surface area contributed by atoms with Gasteiger partial charge in [-0.3, -0.25) is 0 Å². The molecular formula is C14H15NO2S. The fourth-order valence-corrected chi connectivity index (χ4v) is 2.46. The van der Waals surface area contributed by atoms with Crippen molar-refractivity contribution < 1.29 is 9.90 Å². The molecule has 1 N–H and O–H groups in total. The Kier molecular flexibility index (Phi) is 4.10. The van der Waals surface area contributed by atoms with E-state index < -0.39 is 5.97 Å². The third kappa shape index (κ3) is 2.96. The minimum Gasteiger partial charge on any atom is -0.477 e. The van der Waals surface area contributed by atoms with Crippen LogP contribution in [-0.4, -0.2) is 16.1 Å². The topological polar surface area (TPSA) is 50.2 Å². The van der Waals surface area contributed by atoms with Crippen molar-refractivity contribution >= 4 is 17.3 Å². The molecule has 94 valence electrons. The van der Waals surface area contributed by atoms with Gasteiger partial charge in [0.1, 0.15) is 9.88 Å². The molecular weight excluding hydrogens is 246 g/mol. The SMILES string of the molecule is CCCCc1ccc(-c2ncc(C(=O)O)s2)cc1. The lowest BCUT2D eigenvalue weighted by atomic mass is 10.1. The number of thiazole rings is 1. The van der Waals surface area contributed by atoms with E-state index in [9.17, 15) is 4.79 Å². The molecule has 0 atom stereocenters. The van der Waals surface area contributed by atoms with Crippen LogP contribution in [-0.2, 0) is 6.42 Å². The molecule has 0 aliphatic carbocycles. The molecule has 0 unspecified atom stereocenters. The van der Waals surface area contributed by atoms with Crippen LogP contribution >= 0.6 is 11.3 Å². The van der Waals surface area contributed by atoms with Gasteiger partial charge in [-0.1, -0.05) is 37.6 Å². The van der Waals surface area contributed by atoms with Crippen LogP contribution in [0.4, 0.5) is 0 Å². The Morgan fingerprint density at radius 1 is 1.33 bits per heavy atom. The van der Waals surface area contributed by atoms with E-state index in [2.05, 4.69) is 24.0 Å². The van der Waals surface area contributed by atoms with E-state index >= 15 is 0 Å². The molecule has 2 rings (SSSR count). The van der Waals surface area contributed by atoms with Crippen molar-refractivity contribution in [3.8, 4) is 10.6 Å². The number of rotatable bonds is 5. The summed E-state index contributed by atoms with van der Waals surface area (Å²) in [4.78, 5) is 15.2. The molecule has 0 saturated heterocycles. The minimum atomic E-state index is -0.918. The summed E-state index contributed by atoms with van der Waals surface area (Å²) in [7, 11) is 0. The van der Waals surface area contributed by atoms with E-state index in [4.69, 9.17) is 5.11 Å². The number of nitrogens with zero attached hydrogens (tertiary/aromatic N) is 1. The van der Waals surface area contributed by atoms with Gasteiger partial charge >= 0.3 is 5.97 Å². The first kappa shape index (κ1) is 12.8. The Morgan fingerprint density at radius 3 is 2.61 bits per heavy atom. The van der Waals surface area contributed by atoms with Crippen LogP contribution in [0.15, 0.2) is 30.5 Å². The number of carboxylic acid groups (broad SMARTS) is 1. The first-order valence-electron chi connectivity index (χ1n) is 5.99. The lowest BCUT2D eigenvalue weighted by Crippen LogP contribution is -1.89. The van der Waals surface area contributed by atoms with Gasteiger partial charge in [0.2, 0.25) is 0 Å². The van der Waals surface area contributed by atoms with Crippen LogP contribution in [0.3, 0.4) is 0 Å². The van der Waals surface area contributed by atoms with Gasteiger partial charge in [0, 0.05) is 5.56 Å². The molecule has 1 aromatic carbocycles. The van der Waals surface area contributed by atoms with E-state index in [1.807, 2.05) is 12.1 Å². The molecule has 0 radical (unpaired) electrons. The van der Waals surface area contributed by atoms with E-state index in [1.54, 1.807) is 0 Å². The van der Waals surface area contributed by atoms with Crippen molar-refractivity contribution in [3.05, 3.63) is 40.9 Å². The molecule has 3 nitrogen and oxygen atoms in total. The van der Waals surface area contributed by atoms with Crippen molar-refractivity contribution in [3.63, 3.8) is 0 Å².